The van der Waals surface area contributed by atoms with Gasteiger partial charge < -0.3 is 20.3 Å². The average Bonchev–Trinajstić information content (AvgIpc) is 2.63. The first-order chi connectivity index (χ1) is 14.8. The van der Waals surface area contributed by atoms with Gasteiger partial charge in [-0.2, -0.15) is 0 Å². The molecule has 0 aliphatic heterocycles. The van der Waals surface area contributed by atoms with Crippen LogP contribution in [0.5, 0.6) is 0 Å². The van der Waals surface area contributed by atoms with Gasteiger partial charge in [-0.3, -0.25) is 9.59 Å². The van der Waals surface area contributed by atoms with Gasteiger partial charge >= 0.3 is 6.09 Å². The van der Waals surface area contributed by atoms with E-state index in [2.05, 4.69) is 17.2 Å². The monoisotopic (exact) mass is 445 g/mol. The van der Waals surface area contributed by atoms with Crippen molar-refractivity contribution in [1.82, 2.24) is 15.5 Å². The van der Waals surface area contributed by atoms with Gasteiger partial charge in [0, 0.05) is 12.6 Å². The Balaban J connectivity index is 3.39. The van der Waals surface area contributed by atoms with Gasteiger partial charge in [0.15, 0.2) is 0 Å². The molecule has 2 atom stereocenters. The molecule has 1 aromatic carbocycles. The largest absolute Gasteiger partial charge is 0.444 e. The fourth-order valence-electron chi connectivity index (χ4n) is 3.26. The van der Waals surface area contributed by atoms with Crippen LogP contribution in [-0.4, -0.2) is 47.0 Å². The molecule has 32 heavy (non-hydrogen) atoms. The summed E-state index contributed by atoms with van der Waals surface area (Å²) < 4.78 is 5.35. The number of ether oxygens (including phenoxy) is 1. The highest BCUT2D eigenvalue weighted by Crippen LogP contribution is 2.25. The summed E-state index contributed by atoms with van der Waals surface area (Å²) in [5, 5.41) is 5.61. The van der Waals surface area contributed by atoms with Crippen molar-refractivity contribution in [2.24, 2.45) is 5.92 Å². The Morgan fingerprint density at radius 1 is 1.12 bits per heavy atom. The number of benzene rings is 1. The summed E-state index contributed by atoms with van der Waals surface area (Å²) >= 11 is 0. The Morgan fingerprint density at radius 3 is 2.22 bits per heavy atom. The quantitative estimate of drug-likeness (QED) is 0.560. The number of aryl methyl sites for hydroxylation is 1. The lowest BCUT2D eigenvalue weighted by atomic mass is 9.98. The highest BCUT2D eigenvalue weighted by Gasteiger charge is 2.37. The average molecular weight is 446 g/mol. The Labute approximate surface area is 192 Å². The first-order valence-electron chi connectivity index (χ1n) is 11.0. The molecule has 0 spiro atoms. The number of alkyl carbamates (subject to hydrolysis) is 1. The third-order valence-electron chi connectivity index (χ3n) is 4.56. The third-order valence-corrected chi connectivity index (χ3v) is 4.56. The van der Waals surface area contributed by atoms with E-state index in [9.17, 15) is 14.4 Å². The number of carbonyl (C=O) groups is 3. The van der Waals surface area contributed by atoms with Crippen molar-refractivity contribution < 1.29 is 19.1 Å². The highest BCUT2D eigenvalue weighted by molar-refractivity contribution is 5.92. The SMILES string of the molecule is C=CCN(C(=O)C(NC(=O)OC(C)(C)C)C(C)C)C(C(=O)NC(C)C)c1cccc(C)c1. The molecule has 0 fully saturated rings. The highest BCUT2D eigenvalue weighted by atomic mass is 16.6. The van der Waals surface area contributed by atoms with Crippen molar-refractivity contribution in [1.29, 1.82) is 0 Å². The van der Waals surface area contributed by atoms with Gasteiger partial charge in [0.25, 0.3) is 0 Å². The molecule has 7 heteroatoms. The number of rotatable bonds is 9. The smallest absolute Gasteiger partial charge is 0.408 e. The molecule has 0 saturated heterocycles. The summed E-state index contributed by atoms with van der Waals surface area (Å²) in [6.07, 6.45) is 0.899. The molecule has 1 rings (SSSR count). The number of hydrogen-bond acceptors (Lipinski definition) is 4. The molecule has 0 radical (unpaired) electrons. The summed E-state index contributed by atoms with van der Waals surface area (Å²) in [4.78, 5) is 40.8. The summed E-state index contributed by atoms with van der Waals surface area (Å²) in [5.74, 6) is -0.898. The molecule has 2 N–H and O–H groups in total. The number of nitrogens with one attached hydrogen (secondary N) is 2. The third kappa shape index (κ3) is 8.36. The molecular formula is C25H39N3O4. The number of amides is 3. The minimum Gasteiger partial charge on any atom is -0.444 e. The first kappa shape index (κ1) is 27.2. The van der Waals surface area contributed by atoms with Crippen molar-refractivity contribution in [2.75, 3.05) is 6.54 Å². The predicted molar refractivity (Wildman–Crippen MR) is 127 cm³/mol. The molecule has 0 heterocycles. The molecule has 1 aromatic rings. The van der Waals surface area contributed by atoms with Gasteiger partial charge in [-0.1, -0.05) is 49.8 Å². The molecule has 3 amide bonds. The summed E-state index contributed by atoms with van der Waals surface area (Å²) in [7, 11) is 0. The maximum Gasteiger partial charge on any atom is 0.408 e. The Bertz CT molecular complexity index is 812. The lowest BCUT2D eigenvalue weighted by molar-refractivity contribution is -0.142. The predicted octanol–water partition coefficient (Wildman–Crippen LogP) is 4.12. The van der Waals surface area contributed by atoms with Gasteiger partial charge in [0.1, 0.15) is 17.7 Å². The van der Waals surface area contributed by atoms with E-state index in [0.29, 0.717) is 5.56 Å². The summed E-state index contributed by atoms with van der Waals surface area (Å²) in [5.41, 5.74) is 0.970. The first-order valence-corrected chi connectivity index (χ1v) is 11.0. The van der Waals surface area contributed by atoms with Crippen LogP contribution >= 0.6 is 0 Å². The molecule has 178 valence electrons. The van der Waals surface area contributed by atoms with Crippen molar-refractivity contribution in [3.8, 4) is 0 Å². The van der Waals surface area contributed by atoms with E-state index in [1.807, 2.05) is 58.9 Å². The van der Waals surface area contributed by atoms with E-state index < -0.39 is 23.8 Å². The fraction of sp³-hybridized carbons (Fsp3) is 0.560. The van der Waals surface area contributed by atoms with Crippen LogP contribution in [0.4, 0.5) is 4.79 Å². The maximum absolute atomic E-state index is 13.7. The second-order valence-corrected chi connectivity index (χ2v) is 9.63. The lowest BCUT2D eigenvalue weighted by Crippen LogP contribution is -2.55. The van der Waals surface area contributed by atoms with Crippen LogP contribution in [-0.2, 0) is 14.3 Å². The van der Waals surface area contributed by atoms with E-state index in [1.165, 1.54) is 4.90 Å². The standard InChI is InChI=1S/C25H39N3O4/c1-10-14-28(23(30)20(16(2)3)27-24(31)32-25(7,8)9)21(22(29)26-17(4)5)19-13-11-12-18(6)15-19/h10-13,15-17,20-21H,1,14H2,2-9H3,(H,26,29)(H,27,31). The fourth-order valence-corrected chi connectivity index (χ4v) is 3.26. The van der Waals surface area contributed by atoms with Crippen LogP contribution < -0.4 is 10.6 Å². The van der Waals surface area contributed by atoms with Gasteiger partial charge in [0.05, 0.1) is 0 Å². The summed E-state index contributed by atoms with van der Waals surface area (Å²) in [6.45, 7) is 18.5. The van der Waals surface area contributed by atoms with Gasteiger partial charge in [0.2, 0.25) is 11.8 Å². The van der Waals surface area contributed by atoms with Crippen molar-refractivity contribution in [3.05, 3.63) is 48.0 Å². The molecule has 0 aromatic heterocycles. The Hall–Kier alpha value is -2.83. The van der Waals surface area contributed by atoms with Crippen molar-refractivity contribution in [2.45, 2.75) is 79.1 Å². The van der Waals surface area contributed by atoms with Crippen molar-refractivity contribution >= 4 is 17.9 Å². The molecule has 0 aliphatic carbocycles. The minimum absolute atomic E-state index is 0.101. The maximum atomic E-state index is 13.7. The van der Waals surface area contributed by atoms with Gasteiger partial charge in [-0.15, -0.1) is 6.58 Å². The minimum atomic E-state index is -0.871. The van der Waals surface area contributed by atoms with E-state index in [1.54, 1.807) is 26.8 Å². The number of hydrogen-bond donors (Lipinski definition) is 2. The topological polar surface area (TPSA) is 87.7 Å². The zero-order valence-electron chi connectivity index (χ0n) is 20.7. The van der Waals surface area contributed by atoms with Gasteiger partial charge in [-0.05, 0) is 53.0 Å². The van der Waals surface area contributed by atoms with Crippen LogP contribution in [0.25, 0.3) is 0 Å². The van der Waals surface area contributed by atoms with Crippen molar-refractivity contribution in [3.63, 3.8) is 0 Å². The normalized spacial score (nSPS) is 13.3. The van der Waals surface area contributed by atoms with Gasteiger partial charge in [-0.25, -0.2) is 4.79 Å². The van der Waals surface area contributed by atoms with E-state index in [0.717, 1.165) is 5.56 Å². The van der Waals surface area contributed by atoms with E-state index in [-0.39, 0.29) is 30.3 Å². The zero-order chi connectivity index (χ0) is 24.6. The molecule has 7 nitrogen and oxygen atoms in total. The molecule has 0 aliphatic rings. The van der Waals surface area contributed by atoms with E-state index >= 15 is 0 Å². The number of carbonyl (C=O) groups excluding carboxylic acids is 3. The zero-order valence-corrected chi connectivity index (χ0v) is 20.7. The number of nitrogens with zero attached hydrogens (tertiary/aromatic N) is 1. The second kappa shape index (κ2) is 11.7. The van der Waals surface area contributed by atoms with Crippen LogP contribution in [0, 0.1) is 12.8 Å². The Morgan fingerprint density at radius 2 is 1.75 bits per heavy atom. The molecule has 2 unspecified atom stereocenters. The Kier molecular flexibility index (Phi) is 9.94. The second-order valence-electron chi connectivity index (χ2n) is 9.63. The lowest BCUT2D eigenvalue weighted by Gasteiger charge is -2.35. The van der Waals surface area contributed by atoms with Crippen LogP contribution in [0.3, 0.4) is 0 Å². The van der Waals surface area contributed by atoms with Crippen LogP contribution in [0.1, 0.15) is 65.6 Å². The molecule has 0 bridgehead atoms. The summed E-state index contributed by atoms with van der Waals surface area (Å²) in [6, 6.07) is 5.66. The van der Waals surface area contributed by atoms with Crippen LogP contribution in [0.2, 0.25) is 0 Å². The molecular weight excluding hydrogens is 406 g/mol. The van der Waals surface area contributed by atoms with E-state index in [4.69, 9.17) is 4.74 Å². The molecule has 0 saturated carbocycles. The van der Waals surface area contributed by atoms with Crippen LogP contribution in [0.15, 0.2) is 36.9 Å².